The maximum atomic E-state index is 12.8. The van der Waals surface area contributed by atoms with Gasteiger partial charge in [-0.15, -0.1) is 0 Å². The van der Waals surface area contributed by atoms with Crippen molar-refractivity contribution < 1.29 is 32.3 Å². The summed E-state index contributed by atoms with van der Waals surface area (Å²) in [6.45, 7) is 4.05. The normalized spacial score (nSPS) is 17.1. The van der Waals surface area contributed by atoms with Crippen molar-refractivity contribution >= 4 is 23.5 Å². The van der Waals surface area contributed by atoms with E-state index in [4.69, 9.17) is 4.74 Å². The molecule has 1 aliphatic rings. The molecule has 0 aliphatic carbocycles. The molecule has 1 fully saturated rings. The Hall–Kier alpha value is -2.78. The van der Waals surface area contributed by atoms with Gasteiger partial charge in [-0.2, -0.15) is 13.2 Å². The van der Waals surface area contributed by atoms with Crippen LogP contribution < -0.4 is 10.6 Å². The minimum atomic E-state index is -4.49. The molecule has 0 radical (unpaired) electrons. The van der Waals surface area contributed by atoms with E-state index in [0.29, 0.717) is 0 Å². The van der Waals surface area contributed by atoms with Crippen LogP contribution in [0.5, 0.6) is 0 Å². The lowest BCUT2D eigenvalue weighted by molar-refractivity contribution is -0.152. The number of nitrogens with one attached hydrogen (secondary N) is 2. The highest BCUT2D eigenvalue weighted by atomic mass is 19.4. The van der Waals surface area contributed by atoms with Gasteiger partial charge in [-0.1, -0.05) is 19.9 Å². The molecule has 0 aromatic heterocycles. The van der Waals surface area contributed by atoms with E-state index in [0.717, 1.165) is 12.1 Å². The molecule has 1 atom stereocenters. The fraction of sp³-hybridized carbons (Fsp3) is 0.526. The molecule has 29 heavy (non-hydrogen) atoms. The number of carbonyl (C=O) groups is 3. The topological polar surface area (TPSA) is 87.7 Å². The molecule has 1 aliphatic heterocycles. The average Bonchev–Trinajstić information content (AvgIpc) is 2.65. The van der Waals surface area contributed by atoms with Gasteiger partial charge in [0.15, 0.2) is 0 Å². The fourth-order valence-corrected chi connectivity index (χ4v) is 2.78. The van der Waals surface area contributed by atoms with Crippen LogP contribution in [0.2, 0.25) is 0 Å². The van der Waals surface area contributed by atoms with Gasteiger partial charge >= 0.3 is 12.1 Å². The molecule has 1 aromatic carbocycles. The van der Waals surface area contributed by atoms with E-state index in [1.807, 2.05) is 13.8 Å². The molecule has 2 N–H and O–H groups in total. The van der Waals surface area contributed by atoms with Crippen molar-refractivity contribution in [2.45, 2.75) is 32.5 Å². The second-order valence-corrected chi connectivity index (χ2v) is 7.11. The number of esters is 1. The molecule has 0 spiro atoms. The summed E-state index contributed by atoms with van der Waals surface area (Å²) < 4.78 is 43.5. The lowest BCUT2D eigenvalue weighted by atomic mass is 10.1. The van der Waals surface area contributed by atoms with E-state index >= 15 is 0 Å². The van der Waals surface area contributed by atoms with Crippen LogP contribution in [0.1, 0.15) is 25.8 Å². The quantitative estimate of drug-likeness (QED) is 0.666. The third-order valence-corrected chi connectivity index (χ3v) is 4.22. The Morgan fingerprint density at radius 2 is 2.07 bits per heavy atom. The molecular weight excluding hydrogens is 391 g/mol. The van der Waals surface area contributed by atoms with Gasteiger partial charge in [-0.3, -0.25) is 14.4 Å². The lowest BCUT2D eigenvalue weighted by Crippen LogP contribution is -2.58. The van der Waals surface area contributed by atoms with E-state index in [-0.39, 0.29) is 44.3 Å². The van der Waals surface area contributed by atoms with Gasteiger partial charge < -0.3 is 20.3 Å². The molecule has 0 bridgehead atoms. The summed E-state index contributed by atoms with van der Waals surface area (Å²) in [5.74, 6) is -1.43. The van der Waals surface area contributed by atoms with Crippen molar-refractivity contribution in [1.29, 1.82) is 0 Å². The van der Waals surface area contributed by atoms with Gasteiger partial charge in [0.2, 0.25) is 11.8 Å². The van der Waals surface area contributed by atoms with Gasteiger partial charge in [0.1, 0.15) is 6.04 Å². The molecule has 1 saturated heterocycles. The Balaban J connectivity index is 2.00. The average molecular weight is 415 g/mol. The third-order valence-electron chi connectivity index (χ3n) is 4.22. The zero-order chi connectivity index (χ0) is 21.6. The lowest BCUT2D eigenvalue weighted by Gasteiger charge is -2.34. The summed E-state index contributed by atoms with van der Waals surface area (Å²) in [6.07, 6.45) is -4.78. The van der Waals surface area contributed by atoms with Gasteiger partial charge in [0, 0.05) is 18.8 Å². The zero-order valence-electron chi connectivity index (χ0n) is 16.2. The Kier molecular flexibility index (Phi) is 7.46. The number of anilines is 1. The summed E-state index contributed by atoms with van der Waals surface area (Å²) in [7, 11) is 0. The number of hydrogen-bond acceptors (Lipinski definition) is 5. The summed E-state index contributed by atoms with van der Waals surface area (Å²) in [5.41, 5.74) is -0.708. The first-order chi connectivity index (χ1) is 13.6. The van der Waals surface area contributed by atoms with Crippen molar-refractivity contribution in [3.05, 3.63) is 29.8 Å². The number of alkyl halides is 3. The summed E-state index contributed by atoms with van der Waals surface area (Å²) in [4.78, 5) is 37.9. The maximum absolute atomic E-state index is 12.8. The Labute approximate surface area is 166 Å². The van der Waals surface area contributed by atoms with E-state index < -0.39 is 35.6 Å². The maximum Gasteiger partial charge on any atom is 0.416 e. The van der Waals surface area contributed by atoms with Gasteiger partial charge in [0.25, 0.3) is 0 Å². The van der Waals surface area contributed by atoms with Crippen LogP contribution in [-0.4, -0.2) is 55.0 Å². The minimum absolute atomic E-state index is 0.127. The number of nitrogens with zero attached hydrogens (tertiary/aromatic N) is 1. The number of benzene rings is 1. The summed E-state index contributed by atoms with van der Waals surface area (Å²) >= 11 is 0. The number of ether oxygens (including phenoxy) is 1. The van der Waals surface area contributed by atoms with E-state index in [2.05, 4.69) is 10.6 Å². The van der Waals surface area contributed by atoms with E-state index in [1.54, 1.807) is 0 Å². The summed E-state index contributed by atoms with van der Waals surface area (Å²) in [5, 5.41) is 5.24. The zero-order valence-corrected chi connectivity index (χ0v) is 16.2. The smallest absolute Gasteiger partial charge is 0.416 e. The number of amides is 2. The molecular formula is C19H24F3N3O4. The van der Waals surface area contributed by atoms with Crippen LogP contribution in [-0.2, 0) is 25.3 Å². The van der Waals surface area contributed by atoms with Gasteiger partial charge in [-0.05, 0) is 24.1 Å². The number of hydrogen-bond donors (Lipinski definition) is 2. The van der Waals surface area contributed by atoms with Crippen molar-refractivity contribution in [3.8, 4) is 0 Å². The van der Waals surface area contributed by atoms with Crippen molar-refractivity contribution in [3.63, 3.8) is 0 Å². The van der Waals surface area contributed by atoms with Crippen LogP contribution in [0, 0.1) is 5.92 Å². The SMILES string of the molecule is CC(C)COC(=O)CC1C(=O)NCCN1C(=O)CNc1cccc(C(F)(F)F)c1. The monoisotopic (exact) mass is 415 g/mol. The van der Waals surface area contributed by atoms with Crippen LogP contribution in [0.4, 0.5) is 18.9 Å². The second-order valence-electron chi connectivity index (χ2n) is 7.11. The van der Waals surface area contributed by atoms with E-state index in [9.17, 15) is 27.6 Å². The molecule has 0 saturated carbocycles. The van der Waals surface area contributed by atoms with Crippen LogP contribution in [0.3, 0.4) is 0 Å². The van der Waals surface area contributed by atoms with Crippen molar-refractivity contribution in [2.75, 3.05) is 31.6 Å². The van der Waals surface area contributed by atoms with Crippen LogP contribution in [0.25, 0.3) is 0 Å². The molecule has 7 nitrogen and oxygen atoms in total. The largest absolute Gasteiger partial charge is 0.465 e. The predicted molar refractivity (Wildman–Crippen MR) is 98.9 cm³/mol. The number of piperazine rings is 1. The Morgan fingerprint density at radius 3 is 2.72 bits per heavy atom. The molecule has 1 heterocycles. The van der Waals surface area contributed by atoms with Crippen LogP contribution >= 0.6 is 0 Å². The molecule has 160 valence electrons. The first-order valence-corrected chi connectivity index (χ1v) is 9.22. The molecule has 1 unspecified atom stereocenters. The van der Waals surface area contributed by atoms with Gasteiger partial charge in [0.05, 0.1) is 25.1 Å². The highest BCUT2D eigenvalue weighted by Gasteiger charge is 2.35. The number of rotatable bonds is 7. The standard InChI is InChI=1S/C19H24F3N3O4/c1-12(2)11-29-17(27)9-15-18(28)23-6-7-25(15)16(26)10-24-14-5-3-4-13(8-14)19(20,21)22/h3-5,8,12,15,24H,6-7,9-11H2,1-2H3,(H,23,28). The van der Waals surface area contributed by atoms with E-state index in [1.165, 1.54) is 17.0 Å². The number of carbonyl (C=O) groups excluding carboxylic acids is 3. The van der Waals surface area contributed by atoms with Crippen molar-refractivity contribution in [1.82, 2.24) is 10.2 Å². The van der Waals surface area contributed by atoms with Crippen LogP contribution in [0.15, 0.2) is 24.3 Å². The Morgan fingerprint density at radius 1 is 1.34 bits per heavy atom. The number of halogens is 3. The van der Waals surface area contributed by atoms with Gasteiger partial charge in [-0.25, -0.2) is 0 Å². The predicted octanol–water partition coefficient (Wildman–Crippen LogP) is 2.03. The molecule has 2 rings (SSSR count). The highest BCUT2D eigenvalue weighted by Crippen LogP contribution is 2.30. The summed E-state index contributed by atoms with van der Waals surface area (Å²) in [6, 6.07) is 3.46. The first kappa shape index (κ1) is 22.5. The second kappa shape index (κ2) is 9.62. The Bertz CT molecular complexity index is 752. The minimum Gasteiger partial charge on any atom is -0.465 e. The third kappa shape index (κ3) is 6.65. The molecule has 10 heteroatoms. The first-order valence-electron chi connectivity index (χ1n) is 9.22. The van der Waals surface area contributed by atoms with Crippen molar-refractivity contribution in [2.24, 2.45) is 5.92 Å². The highest BCUT2D eigenvalue weighted by molar-refractivity contribution is 5.93. The molecule has 1 aromatic rings. The molecule has 2 amide bonds. The fourth-order valence-electron chi connectivity index (χ4n) is 2.78.